The number of rotatable bonds is 7. The van der Waals surface area contributed by atoms with Crippen LogP contribution in [-0.4, -0.2) is 35.5 Å². The quantitative estimate of drug-likeness (QED) is 0.0710. The molecule has 0 heterocycles. The summed E-state index contributed by atoms with van der Waals surface area (Å²) < 4.78 is 179. The molecule has 0 amide bonds. The maximum Gasteiger partial charge on any atom is 0.203 e. The van der Waals surface area contributed by atoms with Crippen LogP contribution in [-0.2, 0) is 0 Å². The third kappa shape index (κ3) is 4.84. The van der Waals surface area contributed by atoms with Gasteiger partial charge in [0.05, 0.1) is 46.7 Å². The standard InChI is InChI=1S/C36H22F10O5/c1-11-7-13-12-8-16(47-2)17(48-3)9-14(12)21-15(10-18(49-4)35(50-5)36(21)51-6)20(13)22(24-27(39)31(43)34(46)32(44)28(24)40)19(11)23-25(37)29(41)33(45)30(42)26(23)38/h7-10H,1-6H3. The van der Waals surface area contributed by atoms with Crippen LogP contribution in [0, 0.1) is 65.1 Å². The molecule has 0 aliphatic rings. The summed E-state index contributed by atoms with van der Waals surface area (Å²) in [6, 6.07) is 5.29. The van der Waals surface area contributed by atoms with Crippen molar-refractivity contribution >= 4 is 32.3 Å². The van der Waals surface area contributed by atoms with Crippen LogP contribution < -0.4 is 23.7 Å². The molecule has 266 valence electrons. The molecule has 5 nitrogen and oxygen atoms in total. The van der Waals surface area contributed by atoms with Gasteiger partial charge in [0, 0.05) is 10.9 Å². The molecule has 6 aromatic rings. The minimum absolute atomic E-state index is 0.0240. The topological polar surface area (TPSA) is 46.2 Å². The van der Waals surface area contributed by atoms with Crippen LogP contribution in [0.2, 0.25) is 0 Å². The monoisotopic (exact) mass is 724 g/mol. The third-order valence-corrected chi connectivity index (χ3v) is 8.63. The maximum absolute atomic E-state index is 16.0. The first-order chi connectivity index (χ1) is 24.2. The summed E-state index contributed by atoms with van der Waals surface area (Å²) in [4.78, 5) is 0. The Morgan fingerprint density at radius 3 is 1.14 bits per heavy atom. The Balaban J connectivity index is 2.10. The lowest BCUT2D eigenvalue weighted by atomic mass is 9.81. The van der Waals surface area contributed by atoms with Crippen molar-refractivity contribution in [1.82, 2.24) is 0 Å². The van der Waals surface area contributed by atoms with E-state index in [2.05, 4.69) is 0 Å². The Labute approximate surface area is 281 Å². The average molecular weight is 725 g/mol. The molecule has 0 radical (unpaired) electrons. The lowest BCUT2D eigenvalue weighted by Crippen LogP contribution is -2.09. The highest BCUT2D eigenvalue weighted by atomic mass is 19.2. The molecule has 0 aliphatic heterocycles. The molecule has 6 aromatic carbocycles. The SMILES string of the molecule is COc1cc2c(cc1OC)c1c(OC)c(OC)c(OC)cc1c1c(-c3c(F)c(F)c(F)c(F)c3F)c(-c3c(F)c(F)c(F)c(F)c3F)c(C)cc21. The largest absolute Gasteiger partial charge is 0.493 e. The van der Waals surface area contributed by atoms with E-state index in [0.717, 1.165) is 6.92 Å². The summed E-state index contributed by atoms with van der Waals surface area (Å²) in [5, 5.41) is -0.273. The number of aryl methyl sites for hydroxylation is 1. The maximum atomic E-state index is 16.0. The summed E-state index contributed by atoms with van der Waals surface area (Å²) in [5.41, 5.74) is -6.01. The lowest BCUT2D eigenvalue weighted by molar-refractivity contribution is 0.327. The zero-order valence-electron chi connectivity index (χ0n) is 27.1. The molecule has 0 unspecified atom stereocenters. The molecule has 0 N–H and O–H groups in total. The summed E-state index contributed by atoms with van der Waals surface area (Å²) in [5.74, 6) is -24.7. The second kappa shape index (κ2) is 12.6. The zero-order chi connectivity index (χ0) is 37.4. The van der Waals surface area contributed by atoms with Gasteiger partial charge in [-0.3, -0.25) is 0 Å². The number of benzene rings is 6. The van der Waals surface area contributed by atoms with Crippen molar-refractivity contribution in [2.75, 3.05) is 35.5 Å². The second-order valence-electron chi connectivity index (χ2n) is 11.1. The van der Waals surface area contributed by atoms with Crippen LogP contribution in [0.4, 0.5) is 43.9 Å². The zero-order valence-corrected chi connectivity index (χ0v) is 27.1. The molecule has 0 fully saturated rings. The van der Waals surface area contributed by atoms with Crippen LogP contribution in [0.25, 0.3) is 54.6 Å². The fourth-order valence-electron chi connectivity index (χ4n) is 6.46. The van der Waals surface area contributed by atoms with E-state index in [1.807, 2.05) is 0 Å². The van der Waals surface area contributed by atoms with E-state index in [-0.39, 0.29) is 55.7 Å². The molecule has 0 atom stereocenters. The number of fused-ring (bicyclic) bond motifs is 6. The summed E-state index contributed by atoms with van der Waals surface area (Å²) in [7, 11) is 6.29. The molecule has 0 spiro atoms. The molecule has 0 bridgehead atoms. The van der Waals surface area contributed by atoms with Crippen LogP contribution in [0.5, 0.6) is 28.7 Å². The first-order valence-corrected chi connectivity index (χ1v) is 14.5. The molecule has 0 saturated carbocycles. The smallest absolute Gasteiger partial charge is 0.203 e. The lowest BCUT2D eigenvalue weighted by Gasteiger charge is -2.24. The van der Waals surface area contributed by atoms with Gasteiger partial charge in [0.25, 0.3) is 0 Å². The van der Waals surface area contributed by atoms with Crippen molar-refractivity contribution in [3.63, 3.8) is 0 Å². The van der Waals surface area contributed by atoms with Crippen LogP contribution in [0.15, 0.2) is 24.3 Å². The Morgan fingerprint density at radius 1 is 0.333 bits per heavy atom. The van der Waals surface area contributed by atoms with E-state index in [9.17, 15) is 17.6 Å². The number of ether oxygens (including phenoxy) is 5. The number of methoxy groups -OCH3 is 5. The Kier molecular flexibility index (Phi) is 8.72. The van der Waals surface area contributed by atoms with Gasteiger partial charge >= 0.3 is 0 Å². The fraction of sp³-hybridized carbons (Fsp3) is 0.167. The molecular weight excluding hydrogens is 702 g/mol. The van der Waals surface area contributed by atoms with Gasteiger partial charge in [-0.15, -0.1) is 0 Å². The van der Waals surface area contributed by atoms with E-state index >= 15 is 26.3 Å². The number of hydrogen-bond acceptors (Lipinski definition) is 5. The minimum atomic E-state index is -2.57. The van der Waals surface area contributed by atoms with Crippen molar-refractivity contribution in [1.29, 1.82) is 0 Å². The van der Waals surface area contributed by atoms with Gasteiger partial charge in [-0.05, 0) is 63.2 Å². The van der Waals surface area contributed by atoms with E-state index in [1.165, 1.54) is 59.8 Å². The van der Waals surface area contributed by atoms with E-state index < -0.39 is 91.4 Å². The normalized spacial score (nSPS) is 11.5. The second-order valence-corrected chi connectivity index (χ2v) is 11.1. The predicted octanol–water partition coefficient (Wildman–Crippen LogP) is 10.2. The molecule has 0 aliphatic carbocycles. The molecular formula is C36H22F10O5. The van der Waals surface area contributed by atoms with Crippen molar-refractivity contribution in [2.45, 2.75) is 6.92 Å². The average Bonchev–Trinajstić information content (AvgIpc) is 3.13. The van der Waals surface area contributed by atoms with Crippen molar-refractivity contribution < 1.29 is 67.6 Å². The first-order valence-electron chi connectivity index (χ1n) is 14.5. The van der Waals surface area contributed by atoms with Crippen molar-refractivity contribution in [3.05, 3.63) is 88.0 Å². The Morgan fingerprint density at radius 2 is 0.706 bits per heavy atom. The van der Waals surface area contributed by atoms with Gasteiger partial charge in [-0.25, -0.2) is 43.9 Å². The molecule has 51 heavy (non-hydrogen) atoms. The molecule has 0 aromatic heterocycles. The highest BCUT2D eigenvalue weighted by Gasteiger charge is 2.36. The fourth-order valence-corrected chi connectivity index (χ4v) is 6.46. The first kappa shape index (κ1) is 35.2. The van der Waals surface area contributed by atoms with Crippen LogP contribution >= 0.6 is 0 Å². The number of hydrogen-bond donors (Lipinski definition) is 0. The third-order valence-electron chi connectivity index (χ3n) is 8.63. The predicted molar refractivity (Wildman–Crippen MR) is 167 cm³/mol. The Hall–Kier alpha value is -5.60. The summed E-state index contributed by atoms with van der Waals surface area (Å²) in [6.45, 7) is 1.09. The van der Waals surface area contributed by atoms with E-state index in [0.29, 0.717) is 0 Å². The van der Waals surface area contributed by atoms with Crippen molar-refractivity contribution in [2.24, 2.45) is 0 Å². The van der Waals surface area contributed by atoms with Gasteiger partial charge in [0.1, 0.15) is 0 Å². The Bertz CT molecular complexity index is 2420. The molecule has 15 heteroatoms. The molecule has 0 saturated heterocycles. The highest BCUT2D eigenvalue weighted by Crippen LogP contribution is 2.55. The van der Waals surface area contributed by atoms with Gasteiger partial charge in [0.2, 0.25) is 17.4 Å². The van der Waals surface area contributed by atoms with Gasteiger partial charge in [-0.2, -0.15) is 0 Å². The highest BCUT2D eigenvalue weighted by molar-refractivity contribution is 6.32. The van der Waals surface area contributed by atoms with Gasteiger partial charge in [-0.1, -0.05) is 6.07 Å². The van der Waals surface area contributed by atoms with Crippen LogP contribution in [0.3, 0.4) is 0 Å². The molecule has 6 rings (SSSR count). The number of halogens is 10. The van der Waals surface area contributed by atoms with Gasteiger partial charge in [0.15, 0.2) is 69.5 Å². The van der Waals surface area contributed by atoms with Crippen LogP contribution in [0.1, 0.15) is 5.56 Å². The van der Waals surface area contributed by atoms with E-state index in [4.69, 9.17) is 23.7 Å². The van der Waals surface area contributed by atoms with E-state index in [1.54, 1.807) is 0 Å². The van der Waals surface area contributed by atoms with Gasteiger partial charge < -0.3 is 23.7 Å². The summed E-state index contributed by atoms with van der Waals surface area (Å²) in [6.07, 6.45) is 0. The van der Waals surface area contributed by atoms with Crippen molar-refractivity contribution in [3.8, 4) is 51.0 Å². The minimum Gasteiger partial charge on any atom is -0.493 e. The summed E-state index contributed by atoms with van der Waals surface area (Å²) >= 11 is 0.